The molecule has 0 amide bonds. The van der Waals surface area contributed by atoms with Crippen molar-refractivity contribution in [3.63, 3.8) is 0 Å². The van der Waals surface area contributed by atoms with E-state index in [0.717, 1.165) is 32.7 Å². The normalized spacial score (nSPS) is 25.4. The number of rotatable bonds is 6. The van der Waals surface area contributed by atoms with E-state index in [1.807, 2.05) is 6.92 Å². The summed E-state index contributed by atoms with van der Waals surface area (Å²) in [5.41, 5.74) is 5.37. The Labute approximate surface area is 92.4 Å². The smallest absolute Gasteiger partial charge is 0.0702 e. The largest absolute Gasteiger partial charge is 0.392 e. The van der Waals surface area contributed by atoms with Crippen molar-refractivity contribution in [2.75, 3.05) is 32.8 Å². The molecule has 2 unspecified atom stereocenters. The number of hydrogen-bond donors (Lipinski definition) is 2. The van der Waals surface area contributed by atoms with Crippen LogP contribution in [0.5, 0.6) is 0 Å². The highest BCUT2D eigenvalue weighted by Gasteiger charge is 2.19. The van der Waals surface area contributed by atoms with E-state index in [9.17, 15) is 5.11 Å². The van der Waals surface area contributed by atoms with Crippen molar-refractivity contribution in [3.05, 3.63) is 0 Å². The average Bonchev–Trinajstić information content (AvgIpc) is 2.27. The summed E-state index contributed by atoms with van der Waals surface area (Å²) in [6.45, 7) is 6.26. The number of piperidine rings is 1. The third-order valence-corrected chi connectivity index (χ3v) is 2.92. The van der Waals surface area contributed by atoms with E-state index in [1.54, 1.807) is 0 Å². The van der Waals surface area contributed by atoms with Crippen molar-refractivity contribution >= 4 is 0 Å². The summed E-state index contributed by atoms with van der Waals surface area (Å²) in [7, 11) is 0. The topological polar surface area (TPSA) is 58.7 Å². The highest BCUT2D eigenvalue weighted by atomic mass is 16.5. The molecule has 1 rings (SSSR count). The summed E-state index contributed by atoms with van der Waals surface area (Å²) in [5, 5.41) is 9.37. The first-order chi connectivity index (χ1) is 7.26. The second kappa shape index (κ2) is 7.17. The lowest BCUT2D eigenvalue weighted by molar-refractivity contribution is 0.00248. The van der Waals surface area contributed by atoms with Gasteiger partial charge in [0.15, 0.2) is 0 Å². The van der Waals surface area contributed by atoms with Gasteiger partial charge in [-0.3, -0.25) is 0 Å². The van der Waals surface area contributed by atoms with Gasteiger partial charge in [-0.15, -0.1) is 0 Å². The van der Waals surface area contributed by atoms with Crippen LogP contribution in [-0.2, 0) is 4.74 Å². The van der Waals surface area contributed by atoms with Crippen molar-refractivity contribution in [1.29, 1.82) is 0 Å². The molecular weight excluding hydrogens is 192 g/mol. The predicted octanol–water partition coefficient (Wildman–Crippen LogP) is 0.197. The highest BCUT2D eigenvalue weighted by molar-refractivity contribution is 4.74. The maximum absolute atomic E-state index is 9.37. The minimum atomic E-state index is -0.350. The monoisotopic (exact) mass is 216 g/mol. The Hall–Kier alpha value is -0.160. The molecule has 15 heavy (non-hydrogen) atoms. The molecule has 2 atom stereocenters. The molecule has 0 aliphatic carbocycles. The zero-order chi connectivity index (χ0) is 11.1. The van der Waals surface area contributed by atoms with Crippen LogP contribution in [0.3, 0.4) is 0 Å². The van der Waals surface area contributed by atoms with Gasteiger partial charge in [0.1, 0.15) is 0 Å². The Morgan fingerprint density at radius 3 is 3.07 bits per heavy atom. The average molecular weight is 216 g/mol. The van der Waals surface area contributed by atoms with Crippen LogP contribution < -0.4 is 5.73 Å². The lowest BCUT2D eigenvalue weighted by Crippen LogP contribution is -2.41. The Morgan fingerprint density at radius 1 is 1.60 bits per heavy atom. The molecule has 90 valence electrons. The molecule has 4 heteroatoms. The van der Waals surface area contributed by atoms with Gasteiger partial charge in [-0.1, -0.05) is 0 Å². The Balaban J connectivity index is 2.18. The molecule has 1 aliphatic heterocycles. The van der Waals surface area contributed by atoms with Crippen LogP contribution in [0.1, 0.15) is 26.2 Å². The quantitative estimate of drug-likeness (QED) is 0.666. The molecule has 0 aromatic carbocycles. The zero-order valence-electron chi connectivity index (χ0n) is 9.69. The van der Waals surface area contributed by atoms with Crippen molar-refractivity contribution < 1.29 is 9.84 Å². The first-order valence-corrected chi connectivity index (χ1v) is 5.98. The van der Waals surface area contributed by atoms with Crippen LogP contribution in [0.15, 0.2) is 0 Å². The van der Waals surface area contributed by atoms with E-state index in [2.05, 4.69) is 4.90 Å². The Morgan fingerprint density at radius 2 is 2.40 bits per heavy atom. The van der Waals surface area contributed by atoms with Crippen molar-refractivity contribution in [2.24, 2.45) is 5.73 Å². The van der Waals surface area contributed by atoms with Gasteiger partial charge in [-0.05, 0) is 32.7 Å². The number of likely N-dealkylation sites (tertiary alicyclic amines) is 1. The van der Waals surface area contributed by atoms with Gasteiger partial charge in [0.2, 0.25) is 0 Å². The summed E-state index contributed by atoms with van der Waals surface area (Å²) in [4.78, 5) is 2.36. The molecule has 0 aromatic heterocycles. The maximum atomic E-state index is 9.37. The van der Waals surface area contributed by atoms with Gasteiger partial charge in [-0.25, -0.2) is 0 Å². The lowest BCUT2D eigenvalue weighted by Gasteiger charge is -2.32. The number of nitrogens with zero attached hydrogens (tertiary/aromatic N) is 1. The number of aliphatic hydroxyl groups excluding tert-OH is 1. The van der Waals surface area contributed by atoms with E-state index in [-0.39, 0.29) is 6.10 Å². The molecule has 1 heterocycles. The van der Waals surface area contributed by atoms with Gasteiger partial charge in [0, 0.05) is 26.2 Å². The zero-order valence-corrected chi connectivity index (χ0v) is 9.69. The molecule has 0 radical (unpaired) electrons. The molecule has 0 saturated carbocycles. The highest BCUT2D eigenvalue weighted by Crippen LogP contribution is 2.13. The van der Waals surface area contributed by atoms with Crippen molar-refractivity contribution in [1.82, 2.24) is 4.90 Å². The predicted molar refractivity (Wildman–Crippen MR) is 60.8 cm³/mol. The van der Waals surface area contributed by atoms with Crippen LogP contribution in [0, 0.1) is 0 Å². The summed E-state index contributed by atoms with van der Waals surface area (Å²) in [5.74, 6) is 0. The maximum Gasteiger partial charge on any atom is 0.0702 e. The molecular formula is C11H24N2O2. The third kappa shape index (κ3) is 4.93. The molecule has 3 N–H and O–H groups in total. The van der Waals surface area contributed by atoms with E-state index in [1.165, 1.54) is 12.8 Å². The SMILES string of the molecule is CCOC1CCCN(CCC(O)CN)C1. The number of ether oxygens (including phenoxy) is 1. The van der Waals surface area contributed by atoms with E-state index in [4.69, 9.17) is 10.5 Å². The Kier molecular flexibility index (Phi) is 6.17. The van der Waals surface area contributed by atoms with Crippen LogP contribution >= 0.6 is 0 Å². The van der Waals surface area contributed by atoms with E-state index < -0.39 is 0 Å². The molecule has 1 aliphatic rings. The van der Waals surface area contributed by atoms with Crippen LogP contribution in [-0.4, -0.2) is 55.0 Å². The summed E-state index contributed by atoms with van der Waals surface area (Å²) in [6.07, 6.45) is 3.18. The molecule has 0 spiro atoms. The van der Waals surface area contributed by atoms with Crippen molar-refractivity contribution in [2.45, 2.75) is 38.4 Å². The first kappa shape index (κ1) is 12.9. The van der Waals surface area contributed by atoms with Crippen LogP contribution in [0.25, 0.3) is 0 Å². The summed E-state index contributed by atoms with van der Waals surface area (Å²) >= 11 is 0. The van der Waals surface area contributed by atoms with Gasteiger partial charge in [0.25, 0.3) is 0 Å². The van der Waals surface area contributed by atoms with Gasteiger partial charge in [0.05, 0.1) is 12.2 Å². The lowest BCUT2D eigenvalue weighted by atomic mass is 10.1. The van der Waals surface area contributed by atoms with Gasteiger partial charge < -0.3 is 20.5 Å². The second-order valence-electron chi connectivity index (χ2n) is 4.20. The number of nitrogens with two attached hydrogens (primary N) is 1. The van der Waals surface area contributed by atoms with Gasteiger partial charge in [-0.2, -0.15) is 0 Å². The second-order valence-corrected chi connectivity index (χ2v) is 4.20. The van der Waals surface area contributed by atoms with E-state index >= 15 is 0 Å². The van der Waals surface area contributed by atoms with Crippen molar-refractivity contribution in [3.8, 4) is 0 Å². The molecule has 0 aromatic rings. The number of aliphatic hydroxyl groups is 1. The molecule has 0 bridgehead atoms. The fourth-order valence-corrected chi connectivity index (χ4v) is 2.04. The number of hydrogen-bond acceptors (Lipinski definition) is 4. The van der Waals surface area contributed by atoms with Gasteiger partial charge >= 0.3 is 0 Å². The minimum absolute atomic E-state index is 0.350. The van der Waals surface area contributed by atoms with Crippen LogP contribution in [0.4, 0.5) is 0 Å². The first-order valence-electron chi connectivity index (χ1n) is 5.98. The minimum Gasteiger partial charge on any atom is -0.392 e. The fraction of sp³-hybridized carbons (Fsp3) is 1.00. The molecule has 1 saturated heterocycles. The van der Waals surface area contributed by atoms with Crippen LogP contribution in [0.2, 0.25) is 0 Å². The molecule has 4 nitrogen and oxygen atoms in total. The van der Waals surface area contributed by atoms with E-state index in [0.29, 0.717) is 12.6 Å². The third-order valence-electron chi connectivity index (χ3n) is 2.92. The summed E-state index contributed by atoms with van der Waals surface area (Å²) in [6, 6.07) is 0. The standard InChI is InChI=1S/C11H24N2O2/c1-2-15-11-4-3-6-13(9-11)7-5-10(14)8-12/h10-11,14H,2-9,12H2,1H3. The Bertz CT molecular complexity index is 165. The molecule has 1 fully saturated rings. The fourth-order valence-electron chi connectivity index (χ4n) is 2.04. The summed E-state index contributed by atoms with van der Waals surface area (Å²) < 4.78 is 5.62.